The average Bonchev–Trinajstić information content (AvgIpc) is 2.41. The molecule has 4 nitrogen and oxygen atoms in total. The lowest BCUT2D eigenvalue weighted by Gasteiger charge is -2.30. The summed E-state index contributed by atoms with van der Waals surface area (Å²) in [6, 6.07) is 7.64. The molecule has 0 fully saturated rings. The fourth-order valence-electron chi connectivity index (χ4n) is 2.14. The lowest BCUT2D eigenvalue weighted by Crippen LogP contribution is -2.29. The first-order chi connectivity index (χ1) is 9.13. The molecule has 5 heteroatoms. The van der Waals surface area contributed by atoms with Gasteiger partial charge in [0.1, 0.15) is 0 Å². The molecule has 0 bridgehead atoms. The van der Waals surface area contributed by atoms with Crippen molar-refractivity contribution in [3.05, 3.63) is 29.8 Å². The molecular weight excluding hydrogens is 261 g/mol. The summed E-state index contributed by atoms with van der Waals surface area (Å²) in [7, 11) is -1.36. The zero-order valence-electron chi connectivity index (χ0n) is 12.3. The van der Waals surface area contributed by atoms with Crippen LogP contribution in [0.2, 0.25) is 0 Å². The Balaban J connectivity index is 3.29. The molecule has 1 unspecified atom stereocenters. The second-order valence-corrected chi connectivity index (χ2v) is 6.49. The van der Waals surface area contributed by atoms with Crippen LogP contribution >= 0.6 is 7.52 Å². The van der Waals surface area contributed by atoms with Crippen molar-refractivity contribution in [3.8, 4) is 0 Å². The molecule has 1 atom stereocenters. The zero-order chi connectivity index (χ0) is 14.3. The van der Waals surface area contributed by atoms with Crippen LogP contribution in [-0.4, -0.2) is 31.5 Å². The molecule has 0 radical (unpaired) electrons. The van der Waals surface area contributed by atoms with E-state index in [4.69, 9.17) is 9.26 Å². The van der Waals surface area contributed by atoms with Gasteiger partial charge in [0.15, 0.2) is 0 Å². The minimum atomic E-state index is -3.00. The van der Waals surface area contributed by atoms with E-state index in [9.17, 15) is 4.57 Å². The van der Waals surface area contributed by atoms with Crippen LogP contribution < -0.4 is 5.30 Å². The molecule has 1 aromatic carbocycles. The van der Waals surface area contributed by atoms with E-state index in [1.807, 2.05) is 49.7 Å². The van der Waals surface area contributed by atoms with Gasteiger partial charge in [0.25, 0.3) is 0 Å². The van der Waals surface area contributed by atoms with E-state index in [-0.39, 0.29) is 0 Å². The predicted octanol–water partition coefficient (Wildman–Crippen LogP) is 3.03. The highest BCUT2D eigenvalue weighted by atomic mass is 31.2. The van der Waals surface area contributed by atoms with Gasteiger partial charge < -0.3 is 9.26 Å². The Hall–Kier alpha value is -0.670. The van der Waals surface area contributed by atoms with Gasteiger partial charge in [-0.2, -0.15) is 0 Å². The largest absolute Gasteiger partial charge is 0.380 e. The van der Waals surface area contributed by atoms with Gasteiger partial charge >= 0.3 is 7.52 Å². The average molecular weight is 285 g/mol. The summed E-state index contributed by atoms with van der Waals surface area (Å²) >= 11 is 0. The van der Waals surface area contributed by atoms with Gasteiger partial charge in [-0.3, -0.25) is 4.57 Å². The van der Waals surface area contributed by atoms with Crippen molar-refractivity contribution in [2.75, 3.05) is 26.8 Å². The minimum Gasteiger partial charge on any atom is -0.380 e. The van der Waals surface area contributed by atoms with Crippen molar-refractivity contribution < 1.29 is 13.8 Å². The lowest BCUT2D eigenvalue weighted by molar-refractivity contribution is 0.185. The third kappa shape index (κ3) is 3.67. The summed E-state index contributed by atoms with van der Waals surface area (Å²) in [5.41, 5.74) is 0.925. The Morgan fingerprint density at radius 2 is 1.79 bits per heavy atom. The number of ether oxygens (including phenoxy) is 1. The molecule has 0 aromatic heterocycles. The van der Waals surface area contributed by atoms with Crippen LogP contribution in [0.15, 0.2) is 24.3 Å². The summed E-state index contributed by atoms with van der Waals surface area (Å²) < 4.78 is 26.1. The molecule has 0 spiro atoms. The smallest absolute Gasteiger partial charge is 0.302 e. The summed E-state index contributed by atoms with van der Waals surface area (Å²) in [5.74, 6) is 0. The normalized spacial score (nSPS) is 14.6. The first-order valence-electron chi connectivity index (χ1n) is 6.71. The highest BCUT2D eigenvalue weighted by Gasteiger charge is 2.33. The van der Waals surface area contributed by atoms with E-state index in [0.29, 0.717) is 26.3 Å². The van der Waals surface area contributed by atoms with Crippen LogP contribution in [0.25, 0.3) is 0 Å². The Bertz CT molecular complexity index is 432. The van der Waals surface area contributed by atoms with Gasteiger partial charge in [-0.1, -0.05) is 32.0 Å². The molecule has 0 amide bonds. The monoisotopic (exact) mass is 285 g/mol. The van der Waals surface area contributed by atoms with E-state index in [2.05, 4.69) is 0 Å². The highest BCUT2D eigenvalue weighted by Crippen LogP contribution is 2.50. The summed E-state index contributed by atoms with van der Waals surface area (Å²) in [5, 5.41) is 0.752. The van der Waals surface area contributed by atoms with Gasteiger partial charge in [-0.05, 0) is 18.6 Å². The summed E-state index contributed by atoms with van der Waals surface area (Å²) in [4.78, 5) is 0. The van der Waals surface area contributed by atoms with Crippen LogP contribution in [0.5, 0.6) is 0 Å². The Morgan fingerprint density at radius 1 is 1.16 bits per heavy atom. The third-order valence-electron chi connectivity index (χ3n) is 3.00. The first kappa shape index (κ1) is 16.4. The maximum Gasteiger partial charge on any atom is 0.302 e. The number of benzene rings is 1. The van der Waals surface area contributed by atoms with E-state index in [0.717, 1.165) is 10.9 Å². The van der Waals surface area contributed by atoms with E-state index in [1.54, 1.807) is 7.11 Å². The van der Waals surface area contributed by atoms with E-state index in [1.165, 1.54) is 0 Å². The van der Waals surface area contributed by atoms with Crippen LogP contribution in [0, 0.1) is 0 Å². The molecule has 0 saturated heterocycles. The molecule has 0 heterocycles. The second-order valence-electron chi connectivity index (χ2n) is 4.14. The maximum atomic E-state index is 13.3. The molecule has 0 aliphatic heterocycles. The summed E-state index contributed by atoms with van der Waals surface area (Å²) in [6.45, 7) is 8.10. The molecule has 19 heavy (non-hydrogen) atoms. The van der Waals surface area contributed by atoms with Crippen LogP contribution in [0.4, 0.5) is 0 Å². The number of rotatable bonds is 8. The van der Waals surface area contributed by atoms with Gasteiger partial charge in [0.2, 0.25) is 0 Å². The van der Waals surface area contributed by atoms with Crippen molar-refractivity contribution in [1.29, 1.82) is 0 Å². The Labute approximate surface area is 116 Å². The van der Waals surface area contributed by atoms with Gasteiger partial charge in [-0.15, -0.1) is 0 Å². The number of methoxy groups -OCH3 is 1. The van der Waals surface area contributed by atoms with Crippen molar-refractivity contribution in [3.63, 3.8) is 0 Å². The predicted molar refractivity (Wildman–Crippen MR) is 78.9 cm³/mol. The molecule has 0 aliphatic rings. The van der Waals surface area contributed by atoms with Crippen molar-refractivity contribution in [1.82, 2.24) is 4.67 Å². The fraction of sp³-hybridized carbons (Fsp3) is 0.571. The van der Waals surface area contributed by atoms with Crippen molar-refractivity contribution in [2.45, 2.75) is 27.4 Å². The van der Waals surface area contributed by atoms with Gasteiger partial charge in [0.05, 0.1) is 18.5 Å². The maximum absolute atomic E-state index is 13.3. The topological polar surface area (TPSA) is 38.8 Å². The molecular formula is C14H24NO3P. The van der Waals surface area contributed by atoms with Crippen molar-refractivity contribution >= 4 is 12.8 Å². The number of hydrogen-bond donors (Lipinski definition) is 0. The minimum absolute atomic E-state index is 0.426. The van der Waals surface area contributed by atoms with Gasteiger partial charge in [-0.25, -0.2) is 4.67 Å². The lowest BCUT2D eigenvalue weighted by atomic mass is 10.2. The van der Waals surface area contributed by atoms with Crippen LogP contribution in [-0.2, 0) is 20.4 Å². The molecule has 0 saturated carbocycles. The SMILES string of the molecule is CCOP(=O)(c1ccccc1COC)N(CC)CC. The Morgan fingerprint density at radius 3 is 2.32 bits per heavy atom. The number of nitrogens with zero attached hydrogens (tertiary/aromatic N) is 1. The molecule has 108 valence electrons. The quantitative estimate of drug-likeness (QED) is 0.688. The molecule has 0 N–H and O–H groups in total. The third-order valence-corrected chi connectivity index (χ3v) is 5.97. The second kappa shape index (κ2) is 7.81. The van der Waals surface area contributed by atoms with Crippen LogP contribution in [0.1, 0.15) is 26.3 Å². The molecule has 1 aromatic rings. The Kier molecular flexibility index (Phi) is 6.73. The molecule has 0 aliphatic carbocycles. The summed E-state index contributed by atoms with van der Waals surface area (Å²) in [6.07, 6.45) is 0. The van der Waals surface area contributed by atoms with E-state index < -0.39 is 7.52 Å². The molecule has 1 rings (SSSR count). The standard InChI is InChI=1S/C14H24NO3P/c1-5-15(6-2)19(16,18-7-3)14-11-9-8-10-13(14)12-17-4/h8-11H,5-7,12H2,1-4H3. The van der Waals surface area contributed by atoms with Gasteiger partial charge in [0, 0.05) is 20.2 Å². The highest BCUT2D eigenvalue weighted by molar-refractivity contribution is 7.64. The number of hydrogen-bond acceptors (Lipinski definition) is 3. The van der Waals surface area contributed by atoms with E-state index >= 15 is 0 Å². The fourth-order valence-corrected chi connectivity index (χ4v) is 4.62. The first-order valence-corrected chi connectivity index (χ1v) is 8.29. The van der Waals surface area contributed by atoms with Crippen molar-refractivity contribution in [2.24, 2.45) is 0 Å². The zero-order valence-corrected chi connectivity index (χ0v) is 13.2. The van der Waals surface area contributed by atoms with Crippen LogP contribution in [0.3, 0.4) is 0 Å².